The smallest absolute Gasteiger partial charge is 0.372 e. The minimum Gasteiger partial charge on any atom is -0.372 e. The first-order valence-corrected chi connectivity index (χ1v) is 6.63. The van der Waals surface area contributed by atoms with Crippen LogP contribution >= 0.6 is 0 Å². The highest BCUT2D eigenvalue weighted by Gasteiger charge is 2.28. The lowest BCUT2D eigenvalue weighted by molar-refractivity contribution is -0.174. The van der Waals surface area contributed by atoms with E-state index in [-0.39, 0.29) is 12.6 Å². The standard InChI is InChI=1S/C12H23F3N2O/c13-12(14,15)9-18-8-7-11(17-16)10-5-3-1-2-4-6-10/h10-11,17H,1-9,16H2. The van der Waals surface area contributed by atoms with E-state index in [9.17, 15) is 13.2 Å². The molecule has 3 nitrogen and oxygen atoms in total. The summed E-state index contributed by atoms with van der Waals surface area (Å²) in [6.07, 6.45) is 3.38. The van der Waals surface area contributed by atoms with Crippen molar-refractivity contribution in [1.82, 2.24) is 5.43 Å². The lowest BCUT2D eigenvalue weighted by atomic mass is 9.90. The van der Waals surface area contributed by atoms with E-state index in [1.54, 1.807) is 0 Å². The maximum atomic E-state index is 11.9. The molecule has 0 amide bonds. The van der Waals surface area contributed by atoms with E-state index in [4.69, 9.17) is 5.84 Å². The first-order chi connectivity index (χ1) is 8.53. The monoisotopic (exact) mass is 268 g/mol. The van der Waals surface area contributed by atoms with Crippen molar-refractivity contribution in [2.75, 3.05) is 13.2 Å². The van der Waals surface area contributed by atoms with Crippen molar-refractivity contribution in [1.29, 1.82) is 0 Å². The van der Waals surface area contributed by atoms with E-state index < -0.39 is 12.8 Å². The molecule has 0 saturated heterocycles. The molecule has 1 aliphatic carbocycles. The molecule has 0 aromatic carbocycles. The van der Waals surface area contributed by atoms with E-state index in [0.717, 1.165) is 12.8 Å². The topological polar surface area (TPSA) is 47.3 Å². The number of halogens is 3. The second-order valence-corrected chi connectivity index (χ2v) is 4.98. The molecule has 108 valence electrons. The van der Waals surface area contributed by atoms with Crippen LogP contribution in [0.2, 0.25) is 0 Å². The molecule has 1 atom stereocenters. The van der Waals surface area contributed by atoms with Gasteiger partial charge < -0.3 is 4.74 Å². The van der Waals surface area contributed by atoms with Gasteiger partial charge in [0.05, 0.1) is 0 Å². The lowest BCUT2D eigenvalue weighted by Crippen LogP contribution is -2.41. The number of alkyl halides is 3. The van der Waals surface area contributed by atoms with Crippen LogP contribution < -0.4 is 11.3 Å². The van der Waals surface area contributed by atoms with Gasteiger partial charge in [0.2, 0.25) is 0 Å². The number of rotatable bonds is 6. The van der Waals surface area contributed by atoms with Crippen molar-refractivity contribution in [3.63, 3.8) is 0 Å². The van der Waals surface area contributed by atoms with E-state index in [2.05, 4.69) is 10.2 Å². The van der Waals surface area contributed by atoms with Crippen LogP contribution in [-0.4, -0.2) is 25.4 Å². The highest BCUT2D eigenvalue weighted by atomic mass is 19.4. The second kappa shape index (κ2) is 7.96. The lowest BCUT2D eigenvalue weighted by Gasteiger charge is -2.25. The van der Waals surface area contributed by atoms with Gasteiger partial charge >= 0.3 is 6.18 Å². The zero-order valence-corrected chi connectivity index (χ0v) is 10.6. The molecule has 0 aromatic heterocycles. The Morgan fingerprint density at radius 2 is 1.78 bits per heavy atom. The number of hydrazine groups is 1. The quantitative estimate of drug-likeness (QED) is 0.337. The maximum absolute atomic E-state index is 11.9. The summed E-state index contributed by atoms with van der Waals surface area (Å²) < 4.78 is 40.3. The molecule has 0 aliphatic heterocycles. The van der Waals surface area contributed by atoms with Gasteiger partial charge in [-0.3, -0.25) is 11.3 Å². The second-order valence-electron chi connectivity index (χ2n) is 4.98. The molecule has 1 unspecified atom stereocenters. The van der Waals surface area contributed by atoms with Gasteiger partial charge in [0, 0.05) is 12.6 Å². The summed E-state index contributed by atoms with van der Waals surface area (Å²) in [6.45, 7) is -1.07. The van der Waals surface area contributed by atoms with Crippen LogP contribution in [-0.2, 0) is 4.74 Å². The summed E-state index contributed by atoms with van der Waals surface area (Å²) in [7, 11) is 0. The largest absolute Gasteiger partial charge is 0.411 e. The van der Waals surface area contributed by atoms with Gasteiger partial charge in [-0.25, -0.2) is 0 Å². The number of nitrogens with one attached hydrogen (secondary N) is 1. The van der Waals surface area contributed by atoms with Gasteiger partial charge in [-0.1, -0.05) is 25.7 Å². The number of hydrogen-bond acceptors (Lipinski definition) is 3. The number of nitrogens with two attached hydrogens (primary N) is 1. The van der Waals surface area contributed by atoms with Gasteiger partial charge in [0.15, 0.2) is 0 Å². The van der Waals surface area contributed by atoms with E-state index in [1.807, 2.05) is 0 Å². The minimum atomic E-state index is -4.24. The first-order valence-electron chi connectivity index (χ1n) is 6.63. The summed E-state index contributed by atoms with van der Waals surface area (Å²) in [6, 6.07) is 0.0660. The Kier molecular flexibility index (Phi) is 6.96. The molecule has 0 heterocycles. The van der Waals surface area contributed by atoms with Crippen molar-refractivity contribution >= 4 is 0 Å². The van der Waals surface area contributed by atoms with Crippen LogP contribution in [0.4, 0.5) is 13.2 Å². The van der Waals surface area contributed by atoms with E-state index in [0.29, 0.717) is 12.3 Å². The SMILES string of the molecule is NNC(CCOCC(F)(F)F)C1CCCCCC1. The third-order valence-electron chi connectivity index (χ3n) is 3.52. The van der Waals surface area contributed by atoms with Crippen LogP contribution in [0.5, 0.6) is 0 Å². The molecule has 0 spiro atoms. The Labute approximate surface area is 106 Å². The molecule has 3 N–H and O–H groups in total. The zero-order valence-electron chi connectivity index (χ0n) is 10.6. The third-order valence-corrected chi connectivity index (χ3v) is 3.52. The summed E-state index contributed by atoms with van der Waals surface area (Å²) >= 11 is 0. The normalized spacial score (nSPS) is 20.7. The Morgan fingerprint density at radius 1 is 1.17 bits per heavy atom. The van der Waals surface area contributed by atoms with E-state index >= 15 is 0 Å². The van der Waals surface area contributed by atoms with Gasteiger partial charge in [-0.2, -0.15) is 13.2 Å². The molecule has 0 radical (unpaired) electrons. The summed E-state index contributed by atoms with van der Waals surface area (Å²) in [5.74, 6) is 5.96. The third kappa shape index (κ3) is 6.56. The highest BCUT2D eigenvalue weighted by molar-refractivity contribution is 4.76. The van der Waals surface area contributed by atoms with Gasteiger partial charge in [0.25, 0.3) is 0 Å². The molecule has 1 rings (SSSR count). The van der Waals surface area contributed by atoms with Crippen LogP contribution in [0.1, 0.15) is 44.9 Å². The van der Waals surface area contributed by atoms with Crippen LogP contribution in [0.15, 0.2) is 0 Å². The molecule has 6 heteroatoms. The zero-order chi connectivity index (χ0) is 13.4. The van der Waals surface area contributed by atoms with Crippen molar-refractivity contribution < 1.29 is 17.9 Å². The molecule has 18 heavy (non-hydrogen) atoms. The molecular weight excluding hydrogens is 245 g/mol. The van der Waals surface area contributed by atoms with Gasteiger partial charge in [0.1, 0.15) is 6.61 Å². The van der Waals surface area contributed by atoms with Crippen molar-refractivity contribution in [3.8, 4) is 0 Å². The van der Waals surface area contributed by atoms with Crippen molar-refractivity contribution in [2.24, 2.45) is 11.8 Å². The predicted octanol–water partition coefficient (Wildman–Crippen LogP) is 2.76. The molecule has 0 bridgehead atoms. The predicted molar refractivity (Wildman–Crippen MR) is 63.8 cm³/mol. The molecule has 1 fully saturated rings. The average molecular weight is 268 g/mol. The van der Waals surface area contributed by atoms with Crippen molar-refractivity contribution in [2.45, 2.75) is 57.2 Å². The fraction of sp³-hybridized carbons (Fsp3) is 1.00. The van der Waals surface area contributed by atoms with Gasteiger partial charge in [-0.05, 0) is 25.2 Å². The van der Waals surface area contributed by atoms with Crippen LogP contribution in [0.25, 0.3) is 0 Å². The maximum Gasteiger partial charge on any atom is 0.411 e. The summed E-state index contributed by atoms with van der Waals surface area (Å²) in [4.78, 5) is 0. The summed E-state index contributed by atoms with van der Waals surface area (Å²) in [5.41, 5.74) is 2.74. The Balaban J connectivity index is 2.23. The Morgan fingerprint density at radius 3 is 2.28 bits per heavy atom. The molecule has 0 aromatic rings. The van der Waals surface area contributed by atoms with Crippen LogP contribution in [0.3, 0.4) is 0 Å². The average Bonchev–Trinajstić information content (AvgIpc) is 2.56. The van der Waals surface area contributed by atoms with Crippen LogP contribution in [0, 0.1) is 5.92 Å². The van der Waals surface area contributed by atoms with Gasteiger partial charge in [-0.15, -0.1) is 0 Å². The molecule has 1 saturated carbocycles. The molecule has 1 aliphatic rings. The number of ether oxygens (including phenoxy) is 1. The van der Waals surface area contributed by atoms with E-state index in [1.165, 1.54) is 25.7 Å². The fourth-order valence-corrected chi connectivity index (χ4v) is 2.57. The Hall–Kier alpha value is -0.330. The Bertz CT molecular complexity index is 216. The first kappa shape index (κ1) is 15.7. The fourth-order valence-electron chi connectivity index (χ4n) is 2.57. The minimum absolute atomic E-state index is 0.0660. The number of hydrogen-bond donors (Lipinski definition) is 2. The summed E-state index contributed by atoms with van der Waals surface area (Å²) in [5, 5.41) is 0. The molecular formula is C12H23F3N2O. The van der Waals surface area contributed by atoms with Crippen molar-refractivity contribution in [3.05, 3.63) is 0 Å². The highest BCUT2D eigenvalue weighted by Crippen LogP contribution is 2.26.